The summed E-state index contributed by atoms with van der Waals surface area (Å²) in [5, 5.41) is 5.20. The van der Waals surface area contributed by atoms with Crippen LogP contribution < -0.4 is 5.32 Å². The summed E-state index contributed by atoms with van der Waals surface area (Å²) in [6.07, 6.45) is 1.24. The van der Waals surface area contributed by atoms with E-state index >= 15 is 0 Å². The van der Waals surface area contributed by atoms with Gasteiger partial charge < -0.3 is 5.32 Å². The minimum Gasteiger partial charge on any atom is -0.309 e. The van der Waals surface area contributed by atoms with Gasteiger partial charge in [-0.15, -0.1) is 0 Å². The van der Waals surface area contributed by atoms with Crippen LogP contribution in [0.15, 0.2) is 24.3 Å². The maximum absolute atomic E-state index is 6.20. The van der Waals surface area contributed by atoms with Crippen LogP contribution in [0.1, 0.15) is 24.9 Å². The van der Waals surface area contributed by atoms with E-state index in [1.165, 1.54) is 12.0 Å². The first-order valence-electron chi connectivity index (χ1n) is 5.37. The Morgan fingerprint density at radius 3 is 3.00 bits per heavy atom. The van der Waals surface area contributed by atoms with Gasteiger partial charge in [-0.1, -0.05) is 36.7 Å². The molecule has 1 fully saturated rings. The molecule has 0 radical (unpaired) electrons. The molecule has 0 aromatic heterocycles. The van der Waals surface area contributed by atoms with Gasteiger partial charge in [0.05, 0.1) is 0 Å². The van der Waals surface area contributed by atoms with E-state index in [0.29, 0.717) is 6.04 Å². The second-order valence-corrected chi connectivity index (χ2v) is 5.84. The SMILES string of the molecule is CC1CCNC(c2ccccc2Cl)CS1. The van der Waals surface area contributed by atoms with Crippen molar-refractivity contribution in [1.82, 2.24) is 5.32 Å². The van der Waals surface area contributed by atoms with E-state index in [4.69, 9.17) is 11.6 Å². The van der Waals surface area contributed by atoms with Gasteiger partial charge in [-0.25, -0.2) is 0 Å². The Labute approximate surface area is 101 Å². The number of nitrogens with one attached hydrogen (secondary N) is 1. The molecule has 82 valence electrons. The Kier molecular flexibility index (Phi) is 3.95. The predicted octanol–water partition coefficient (Wildman–Crippen LogP) is 3.50. The smallest absolute Gasteiger partial charge is 0.0454 e. The number of hydrogen-bond acceptors (Lipinski definition) is 2. The second-order valence-electron chi connectivity index (χ2n) is 3.96. The van der Waals surface area contributed by atoms with Gasteiger partial charge >= 0.3 is 0 Å². The zero-order valence-electron chi connectivity index (χ0n) is 8.87. The Bertz CT molecular complexity index is 329. The topological polar surface area (TPSA) is 12.0 Å². The lowest BCUT2D eigenvalue weighted by atomic mass is 10.1. The number of rotatable bonds is 1. The maximum Gasteiger partial charge on any atom is 0.0454 e. The van der Waals surface area contributed by atoms with Gasteiger partial charge in [0.15, 0.2) is 0 Å². The lowest BCUT2D eigenvalue weighted by Crippen LogP contribution is -2.22. The van der Waals surface area contributed by atoms with Crippen LogP contribution in [0.4, 0.5) is 0 Å². The number of benzene rings is 1. The first kappa shape index (κ1) is 11.3. The summed E-state index contributed by atoms with van der Waals surface area (Å²) in [4.78, 5) is 0. The number of thioether (sulfide) groups is 1. The summed E-state index contributed by atoms with van der Waals surface area (Å²) in [6, 6.07) is 8.54. The van der Waals surface area contributed by atoms with Crippen LogP contribution in [-0.4, -0.2) is 17.5 Å². The van der Waals surface area contributed by atoms with E-state index in [1.807, 2.05) is 23.9 Å². The zero-order chi connectivity index (χ0) is 10.7. The van der Waals surface area contributed by atoms with E-state index in [0.717, 1.165) is 22.6 Å². The maximum atomic E-state index is 6.20. The van der Waals surface area contributed by atoms with Gasteiger partial charge in [0.25, 0.3) is 0 Å². The first-order valence-corrected chi connectivity index (χ1v) is 6.79. The fourth-order valence-corrected chi connectivity index (χ4v) is 3.19. The van der Waals surface area contributed by atoms with Crippen molar-refractivity contribution >= 4 is 23.4 Å². The monoisotopic (exact) mass is 241 g/mol. The van der Waals surface area contributed by atoms with Crippen LogP contribution in [-0.2, 0) is 0 Å². The van der Waals surface area contributed by atoms with Crippen LogP contribution in [0.5, 0.6) is 0 Å². The van der Waals surface area contributed by atoms with Gasteiger partial charge in [-0.3, -0.25) is 0 Å². The lowest BCUT2D eigenvalue weighted by molar-refractivity contribution is 0.579. The number of halogens is 1. The van der Waals surface area contributed by atoms with Crippen LogP contribution in [0.2, 0.25) is 5.02 Å². The van der Waals surface area contributed by atoms with Crippen LogP contribution in [0, 0.1) is 0 Å². The Hall–Kier alpha value is -0.180. The molecule has 1 nitrogen and oxygen atoms in total. The van der Waals surface area contributed by atoms with Gasteiger partial charge in [-0.2, -0.15) is 11.8 Å². The minimum atomic E-state index is 0.411. The van der Waals surface area contributed by atoms with E-state index < -0.39 is 0 Å². The van der Waals surface area contributed by atoms with Crippen molar-refractivity contribution in [3.05, 3.63) is 34.9 Å². The molecule has 0 amide bonds. The van der Waals surface area contributed by atoms with Gasteiger partial charge in [0.2, 0.25) is 0 Å². The van der Waals surface area contributed by atoms with Crippen LogP contribution in [0.3, 0.4) is 0 Å². The predicted molar refractivity (Wildman–Crippen MR) is 68.7 cm³/mol. The molecule has 0 saturated carbocycles. The largest absolute Gasteiger partial charge is 0.309 e. The quantitative estimate of drug-likeness (QED) is 0.808. The minimum absolute atomic E-state index is 0.411. The fourth-order valence-electron chi connectivity index (χ4n) is 1.82. The standard InChI is InChI=1S/C12H16ClNS/c1-9-6-7-14-12(8-15-9)10-4-2-3-5-11(10)13/h2-5,9,12,14H,6-8H2,1H3. The van der Waals surface area contributed by atoms with E-state index in [9.17, 15) is 0 Å². The summed E-state index contributed by atoms with van der Waals surface area (Å²) in [5.74, 6) is 1.12. The van der Waals surface area contributed by atoms with Crippen molar-refractivity contribution < 1.29 is 0 Å². The molecule has 2 rings (SSSR count). The Morgan fingerprint density at radius 2 is 2.20 bits per heavy atom. The summed E-state index contributed by atoms with van der Waals surface area (Å²) < 4.78 is 0. The highest BCUT2D eigenvalue weighted by atomic mass is 35.5. The van der Waals surface area contributed by atoms with Crippen LogP contribution >= 0.6 is 23.4 Å². The van der Waals surface area contributed by atoms with Crippen LogP contribution in [0.25, 0.3) is 0 Å². The summed E-state index contributed by atoms with van der Waals surface area (Å²) in [6.45, 7) is 3.38. The molecule has 2 unspecified atom stereocenters. The van der Waals surface area contributed by atoms with Crippen molar-refractivity contribution in [2.45, 2.75) is 24.6 Å². The molecule has 1 aromatic carbocycles. The molecule has 1 aliphatic heterocycles. The van der Waals surface area contributed by atoms with Gasteiger partial charge in [0, 0.05) is 22.1 Å². The van der Waals surface area contributed by atoms with Crippen molar-refractivity contribution in [1.29, 1.82) is 0 Å². The molecule has 1 aliphatic rings. The molecule has 0 spiro atoms. The van der Waals surface area contributed by atoms with Gasteiger partial charge in [-0.05, 0) is 24.6 Å². The fraction of sp³-hybridized carbons (Fsp3) is 0.500. The molecule has 0 aliphatic carbocycles. The third-order valence-electron chi connectivity index (χ3n) is 2.77. The molecule has 1 aromatic rings. The second kappa shape index (κ2) is 5.24. The first-order chi connectivity index (χ1) is 7.27. The molecule has 1 heterocycles. The summed E-state index contributed by atoms with van der Waals surface area (Å²) in [5.41, 5.74) is 1.24. The average Bonchev–Trinajstić information content (AvgIpc) is 2.44. The molecular weight excluding hydrogens is 226 g/mol. The van der Waals surface area contributed by atoms with Gasteiger partial charge in [0.1, 0.15) is 0 Å². The van der Waals surface area contributed by atoms with E-state index in [2.05, 4.69) is 24.4 Å². The highest BCUT2D eigenvalue weighted by Crippen LogP contribution is 2.29. The summed E-state index contributed by atoms with van der Waals surface area (Å²) >= 11 is 8.23. The summed E-state index contributed by atoms with van der Waals surface area (Å²) in [7, 11) is 0. The molecular formula is C12H16ClNS. The highest BCUT2D eigenvalue weighted by Gasteiger charge is 2.18. The molecule has 2 atom stereocenters. The normalized spacial score (nSPS) is 27.3. The molecule has 1 N–H and O–H groups in total. The molecule has 0 bridgehead atoms. The van der Waals surface area contributed by atoms with Crippen molar-refractivity contribution in [2.75, 3.05) is 12.3 Å². The van der Waals surface area contributed by atoms with Crippen molar-refractivity contribution in [3.63, 3.8) is 0 Å². The molecule has 15 heavy (non-hydrogen) atoms. The number of hydrogen-bond donors (Lipinski definition) is 1. The third-order valence-corrected chi connectivity index (χ3v) is 4.44. The van der Waals surface area contributed by atoms with E-state index in [1.54, 1.807) is 0 Å². The lowest BCUT2D eigenvalue weighted by Gasteiger charge is -2.17. The van der Waals surface area contributed by atoms with E-state index in [-0.39, 0.29) is 0 Å². The third kappa shape index (κ3) is 2.90. The average molecular weight is 242 g/mol. The molecule has 3 heteroatoms. The molecule has 1 saturated heterocycles. The van der Waals surface area contributed by atoms with Crippen molar-refractivity contribution in [2.24, 2.45) is 0 Å². The Balaban J connectivity index is 2.13. The highest BCUT2D eigenvalue weighted by molar-refractivity contribution is 7.99. The zero-order valence-corrected chi connectivity index (χ0v) is 10.4. The van der Waals surface area contributed by atoms with Crippen molar-refractivity contribution in [3.8, 4) is 0 Å². The Morgan fingerprint density at radius 1 is 1.40 bits per heavy atom.